The molecule has 1 aromatic heterocycles. The molecule has 3 fully saturated rings. The van der Waals surface area contributed by atoms with E-state index >= 15 is 0 Å². The van der Waals surface area contributed by atoms with Crippen LogP contribution in [-0.4, -0.2) is 27.9 Å². The fourth-order valence-electron chi connectivity index (χ4n) is 3.85. The molecule has 1 N–H and O–H groups in total. The molecule has 0 bridgehead atoms. The molecule has 0 radical (unpaired) electrons. The first-order valence-corrected chi connectivity index (χ1v) is 8.85. The van der Waals surface area contributed by atoms with Gasteiger partial charge >= 0.3 is 6.09 Å². The first kappa shape index (κ1) is 15.8. The summed E-state index contributed by atoms with van der Waals surface area (Å²) in [6.45, 7) is 0. The van der Waals surface area contributed by atoms with Crippen LogP contribution in [0.5, 0.6) is 0 Å². The third-order valence-electron chi connectivity index (χ3n) is 5.67. The Balaban J connectivity index is 1.55. The number of hydrogen-bond donors (Lipinski definition) is 1. The standard InChI is InChI=1S/C17H23F2N3O2/c1-22-14(11-8-17(18,19)9-11)13(10-4-2-5-10)15(21-22)20-16(23)24-12-6-3-7-12/h10-12H,2-9H2,1H3,(H,20,21,23). The van der Waals surface area contributed by atoms with E-state index in [1.807, 2.05) is 0 Å². The highest BCUT2D eigenvalue weighted by Gasteiger charge is 2.49. The van der Waals surface area contributed by atoms with Crippen LogP contribution in [0.1, 0.15) is 74.5 Å². The van der Waals surface area contributed by atoms with Gasteiger partial charge in [0.05, 0.1) is 0 Å². The largest absolute Gasteiger partial charge is 0.446 e. The van der Waals surface area contributed by atoms with Gasteiger partial charge in [0.25, 0.3) is 0 Å². The molecule has 0 aliphatic heterocycles. The molecule has 24 heavy (non-hydrogen) atoms. The zero-order chi connectivity index (χ0) is 16.9. The molecule has 3 aliphatic rings. The monoisotopic (exact) mass is 339 g/mol. The van der Waals surface area contributed by atoms with Crippen molar-refractivity contribution in [3.8, 4) is 0 Å². The Kier molecular flexibility index (Phi) is 3.77. The molecule has 1 heterocycles. The number of hydrogen-bond acceptors (Lipinski definition) is 3. The molecule has 0 spiro atoms. The van der Waals surface area contributed by atoms with Gasteiger partial charge in [0.15, 0.2) is 5.82 Å². The van der Waals surface area contributed by atoms with E-state index in [9.17, 15) is 13.6 Å². The summed E-state index contributed by atoms with van der Waals surface area (Å²) in [6, 6.07) is 0. The number of carbonyl (C=O) groups is 1. The Labute approximate surface area is 139 Å². The fourth-order valence-corrected chi connectivity index (χ4v) is 3.85. The quantitative estimate of drug-likeness (QED) is 0.890. The molecule has 7 heteroatoms. The van der Waals surface area contributed by atoms with E-state index in [-0.39, 0.29) is 24.9 Å². The van der Waals surface area contributed by atoms with Crippen molar-refractivity contribution in [3.63, 3.8) is 0 Å². The zero-order valence-corrected chi connectivity index (χ0v) is 13.9. The first-order chi connectivity index (χ1) is 11.4. The molecule has 1 amide bonds. The third kappa shape index (κ3) is 2.78. The van der Waals surface area contributed by atoms with Crippen molar-refractivity contribution in [2.45, 2.75) is 75.2 Å². The number of aromatic nitrogens is 2. The molecule has 0 aromatic carbocycles. The third-order valence-corrected chi connectivity index (χ3v) is 5.67. The van der Waals surface area contributed by atoms with Gasteiger partial charge in [0, 0.05) is 37.1 Å². The van der Waals surface area contributed by atoms with Crippen molar-refractivity contribution in [2.75, 3.05) is 5.32 Å². The number of aryl methyl sites for hydroxylation is 1. The van der Waals surface area contributed by atoms with Crippen LogP contribution in [-0.2, 0) is 11.8 Å². The Morgan fingerprint density at radius 1 is 1.21 bits per heavy atom. The van der Waals surface area contributed by atoms with Gasteiger partial charge in [-0.15, -0.1) is 0 Å². The molecule has 0 saturated heterocycles. The molecule has 3 saturated carbocycles. The van der Waals surface area contributed by atoms with Crippen molar-refractivity contribution >= 4 is 11.9 Å². The average Bonchev–Trinajstić information content (AvgIpc) is 2.66. The van der Waals surface area contributed by atoms with Gasteiger partial charge in [-0.25, -0.2) is 13.6 Å². The van der Waals surface area contributed by atoms with Crippen molar-refractivity contribution in [1.29, 1.82) is 0 Å². The maximum absolute atomic E-state index is 13.3. The molecule has 132 valence electrons. The molecule has 4 rings (SSSR count). The van der Waals surface area contributed by atoms with Crippen LogP contribution < -0.4 is 5.32 Å². The summed E-state index contributed by atoms with van der Waals surface area (Å²) in [4.78, 5) is 12.1. The summed E-state index contributed by atoms with van der Waals surface area (Å²) in [5, 5.41) is 7.18. The van der Waals surface area contributed by atoms with E-state index in [0.717, 1.165) is 49.8 Å². The zero-order valence-electron chi connectivity index (χ0n) is 13.9. The summed E-state index contributed by atoms with van der Waals surface area (Å²) in [5.74, 6) is -1.94. The Morgan fingerprint density at radius 3 is 2.38 bits per heavy atom. The Hall–Kier alpha value is -1.66. The Morgan fingerprint density at radius 2 is 1.88 bits per heavy atom. The van der Waals surface area contributed by atoms with Crippen molar-refractivity contribution in [1.82, 2.24) is 9.78 Å². The molecule has 1 aromatic rings. The van der Waals surface area contributed by atoms with Crippen molar-refractivity contribution < 1.29 is 18.3 Å². The minimum atomic E-state index is -2.57. The van der Waals surface area contributed by atoms with E-state index in [4.69, 9.17) is 4.74 Å². The molecular formula is C17H23F2N3O2. The topological polar surface area (TPSA) is 56.2 Å². The number of anilines is 1. The van der Waals surface area contributed by atoms with Gasteiger partial charge in [0.2, 0.25) is 5.92 Å². The van der Waals surface area contributed by atoms with E-state index in [1.54, 1.807) is 11.7 Å². The van der Waals surface area contributed by atoms with Gasteiger partial charge in [-0.05, 0) is 38.0 Å². The van der Waals surface area contributed by atoms with Crippen LogP contribution in [0, 0.1) is 0 Å². The second-order valence-electron chi connectivity index (χ2n) is 7.44. The SMILES string of the molecule is Cn1nc(NC(=O)OC2CCC2)c(C2CCC2)c1C1CC(F)(F)C1. The number of halogens is 2. The number of alkyl halides is 2. The van der Waals surface area contributed by atoms with Crippen LogP contribution in [0.25, 0.3) is 0 Å². The van der Waals surface area contributed by atoms with E-state index in [0.29, 0.717) is 11.7 Å². The lowest BCUT2D eigenvalue weighted by molar-refractivity contribution is -0.0884. The van der Waals surface area contributed by atoms with Crippen molar-refractivity contribution in [2.24, 2.45) is 7.05 Å². The van der Waals surface area contributed by atoms with Crippen LogP contribution in [0.4, 0.5) is 19.4 Å². The minimum absolute atomic E-state index is 0.00524. The predicted molar refractivity (Wildman–Crippen MR) is 84.5 cm³/mol. The summed E-state index contributed by atoms with van der Waals surface area (Å²) < 4.78 is 33.7. The summed E-state index contributed by atoms with van der Waals surface area (Å²) in [7, 11) is 1.77. The van der Waals surface area contributed by atoms with E-state index < -0.39 is 12.0 Å². The van der Waals surface area contributed by atoms with Gasteiger partial charge in [-0.1, -0.05) is 6.42 Å². The van der Waals surface area contributed by atoms with Crippen LogP contribution in [0.3, 0.4) is 0 Å². The lowest BCUT2D eigenvalue weighted by Crippen LogP contribution is -2.35. The smallest absolute Gasteiger partial charge is 0.413 e. The van der Waals surface area contributed by atoms with Gasteiger partial charge in [-0.2, -0.15) is 5.10 Å². The molecule has 3 aliphatic carbocycles. The highest BCUT2D eigenvalue weighted by atomic mass is 19.3. The van der Waals surface area contributed by atoms with Gasteiger partial charge in [0.1, 0.15) is 6.10 Å². The minimum Gasteiger partial charge on any atom is -0.446 e. The summed E-state index contributed by atoms with van der Waals surface area (Å²) >= 11 is 0. The summed E-state index contributed by atoms with van der Waals surface area (Å²) in [5.41, 5.74) is 1.82. The summed E-state index contributed by atoms with van der Waals surface area (Å²) in [6.07, 6.45) is 5.36. The normalized spacial score (nSPS) is 24.0. The number of amides is 1. The Bertz CT molecular complexity index is 643. The molecular weight excluding hydrogens is 316 g/mol. The highest BCUT2D eigenvalue weighted by Crippen LogP contribution is 2.52. The van der Waals surface area contributed by atoms with Crippen LogP contribution >= 0.6 is 0 Å². The molecule has 5 nitrogen and oxygen atoms in total. The molecule has 0 atom stereocenters. The second-order valence-corrected chi connectivity index (χ2v) is 7.44. The number of nitrogens with zero attached hydrogens (tertiary/aromatic N) is 2. The maximum Gasteiger partial charge on any atom is 0.413 e. The van der Waals surface area contributed by atoms with E-state index in [2.05, 4.69) is 10.4 Å². The second kappa shape index (κ2) is 5.70. The predicted octanol–water partition coefficient (Wildman–Crippen LogP) is 4.30. The highest BCUT2D eigenvalue weighted by molar-refractivity contribution is 5.85. The fraction of sp³-hybridized carbons (Fsp3) is 0.765. The molecule has 0 unspecified atom stereocenters. The number of rotatable bonds is 4. The van der Waals surface area contributed by atoms with E-state index in [1.165, 1.54) is 0 Å². The first-order valence-electron chi connectivity index (χ1n) is 8.85. The lowest BCUT2D eigenvalue weighted by atomic mass is 9.72. The van der Waals surface area contributed by atoms with Gasteiger partial charge in [-0.3, -0.25) is 10.00 Å². The maximum atomic E-state index is 13.3. The van der Waals surface area contributed by atoms with Crippen LogP contribution in [0.15, 0.2) is 0 Å². The lowest BCUT2D eigenvalue weighted by Gasteiger charge is -2.37. The average molecular weight is 339 g/mol. The van der Waals surface area contributed by atoms with Gasteiger partial charge < -0.3 is 4.74 Å². The number of nitrogens with one attached hydrogen (secondary N) is 1. The number of ether oxygens (including phenoxy) is 1. The van der Waals surface area contributed by atoms with Crippen LogP contribution in [0.2, 0.25) is 0 Å². The number of carbonyl (C=O) groups excluding carboxylic acids is 1. The van der Waals surface area contributed by atoms with Crippen molar-refractivity contribution in [3.05, 3.63) is 11.3 Å².